The molecule has 88 valence electrons. The molecule has 0 aromatic heterocycles. The third-order valence-electron chi connectivity index (χ3n) is 3.64. The highest BCUT2D eigenvalue weighted by Gasteiger charge is 2.49. The number of hydrogen-bond donors (Lipinski definition) is 1. The normalized spacial score (nSPS) is 26.3. The van der Waals surface area contributed by atoms with Crippen molar-refractivity contribution in [2.45, 2.75) is 26.2 Å². The van der Waals surface area contributed by atoms with E-state index in [1.165, 1.54) is 5.56 Å². The van der Waals surface area contributed by atoms with Crippen LogP contribution in [0, 0.1) is 11.8 Å². The van der Waals surface area contributed by atoms with Gasteiger partial charge in [-0.1, -0.05) is 38.1 Å². The summed E-state index contributed by atoms with van der Waals surface area (Å²) in [5, 5.41) is 4.20. The molecular weight excluding hydrogens is 212 g/mol. The first-order chi connectivity index (χ1) is 8.16. The van der Waals surface area contributed by atoms with E-state index in [1.807, 2.05) is 0 Å². The van der Waals surface area contributed by atoms with Gasteiger partial charge in [0, 0.05) is 11.8 Å². The number of nitrogens with zero attached hydrogens (tertiary/aromatic N) is 1. The van der Waals surface area contributed by atoms with Crippen molar-refractivity contribution in [2.75, 3.05) is 0 Å². The molecule has 2 atom stereocenters. The molecule has 3 nitrogen and oxygen atoms in total. The summed E-state index contributed by atoms with van der Waals surface area (Å²) >= 11 is 0. The lowest BCUT2D eigenvalue weighted by Gasteiger charge is -2.12. The lowest BCUT2D eigenvalue weighted by Crippen LogP contribution is -2.28. The maximum absolute atomic E-state index is 11.3. The summed E-state index contributed by atoms with van der Waals surface area (Å²) in [6.07, 6.45) is 0.955. The van der Waals surface area contributed by atoms with Gasteiger partial charge in [0.1, 0.15) is 0 Å². The van der Waals surface area contributed by atoms with Gasteiger partial charge < -0.3 is 0 Å². The molecule has 0 saturated heterocycles. The van der Waals surface area contributed by atoms with E-state index in [0.717, 1.165) is 17.7 Å². The van der Waals surface area contributed by atoms with Crippen LogP contribution in [-0.4, -0.2) is 11.6 Å². The van der Waals surface area contributed by atoms with Crippen molar-refractivity contribution in [3.05, 3.63) is 35.4 Å². The Labute approximate surface area is 101 Å². The van der Waals surface area contributed by atoms with Crippen molar-refractivity contribution < 1.29 is 4.79 Å². The molecule has 1 N–H and O–H groups in total. The number of hydrogen-bond acceptors (Lipinski definition) is 2. The first-order valence-electron chi connectivity index (χ1n) is 6.14. The molecule has 0 unspecified atom stereocenters. The van der Waals surface area contributed by atoms with Gasteiger partial charge in [-0.2, -0.15) is 5.10 Å². The number of benzene rings is 1. The van der Waals surface area contributed by atoms with E-state index in [2.05, 4.69) is 48.6 Å². The van der Waals surface area contributed by atoms with Gasteiger partial charge in [0.15, 0.2) is 0 Å². The van der Waals surface area contributed by atoms with Crippen LogP contribution in [0.15, 0.2) is 29.4 Å². The SMILES string of the molecule is CC(C)c1ccc(C2=NNC(=O)[C@H]3C[C@@H]23)cc1. The molecule has 2 aliphatic rings. The maximum atomic E-state index is 11.3. The molecule has 3 rings (SSSR count). The summed E-state index contributed by atoms with van der Waals surface area (Å²) in [4.78, 5) is 11.3. The van der Waals surface area contributed by atoms with Crippen LogP contribution in [0.5, 0.6) is 0 Å². The smallest absolute Gasteiger partial charge is 0.243 e. The second kappa shape index (κ2) is 3.69. The van der Waals surface area contributed by atoms with E-state index in [-0.39, 0.29) is 11.8 Å². The third-order valence-corrected chi connectivity index (χ3v) is 3.64. The quantitative estimate of drug-likeness (QED) is 0.829. The van der Waals surface area contributed by atoms with Crippen molar-refractivity contribution in [1.82, 2.24) is 5.43 Å². The van der Waals surface area contributed by atoms with Gasteiger partial charge in [-0.25, -0.2) is 5.43 Å². The molecule has 1 aliphatic carbocycles. The number of rotatable bonds is 2. The van der Waals surface area contributed by atoms with Gasteiger partial charge in [0.25, 0.3) is 0 Å². The van der Waals surface area contributed by atoms with E-state index in [4.69, 9.17) is 0 Å². The fourth-order valence-electron chi connectivity index (χ4n) is 2.39. The molecule has 0 radical (unpaired) electrons. The molecule has 1 fully saturated rings. The van der Waals surface area contributed by atoms with Crippen LogP contribution in [0.2, 0.25) is 0 Å². The van der Waals surface area contributed by atoms with Gasteiger partial charge in [0.2, 0.25) is 5.91 Å². The van der Waals surface area contributed by atoms with E-state index in [9.17, 15) is 4.79 Å². The highest BCUT2D eigenvalue weighted by atomic mass is 16.2. The molecule has 17 heavy (non-hydrogen) atoms. The van der Waals surface area contributed by atoms with Crippen LogP contribution in [0.3, 0.4) is 0 Å². The summed E-state index contributed by atoms with van der Waals surface area (Å²) in [5.74, 6) is 1.16. The minimum atomic E-state index is 0.0811. The standard InChI is InChI=1S/C14H16N2O/c1-8(2)9-3-5-10(6-4-9)13-11-7-12(11)14(17)16-15-13/h3-6,8,11-12H,7H2,1-2H3,(H,16,17)/t11-,12+/m1/s1. The fraction of sp³-hybridized carbons (Fsp3) is 0.429. The zero-order valence-corrected chi connectivity index (χ0v) is 10.1. The topological polar surface area (TPSA) is 41.5 Å². The van der Waals surface area contributed by atoms with Crippen LogP contribution in [0.25, 0.3) is 0 Å². The molecule has 3 heteroatoms. The van der Waals surface area contributed by atoms with E-state index in [1.54, 1.807) is 0 Å². The maximum Gasteiger partial charge on any atom is 0.243 e. The van der Waals surface area contributed by atoms with E-state index in [0.29, 0.717) is 11.8 Å². The minimum absolute atomic E-state index is 0.0811. The Hall–Kier alpha value is -1.64. The molecule has 0 bridgehead atoms. The molecule has 1 aromatic carbocycles. The number of fused-ring (bicyclic) bond motifs is 1. The molecule has 1 aliphatic heterocycles. The van der Waals surface area contributed by atoms with Crippen molar-refractivity contribution in [3.63, 3.8) is 0 Å². The highest BCUT2D eigenvalue weighted by molar-refractivity contribution is 6.09. The first kappa shape index (κ1) is 10.5. The van der Waals surface area contributed by atoms with E-state index < -0.39 is 0 Å². The predicted molar refractivity (Wildman–Crippen MR) is 66.8 cm³/mol. The zero-order chi connectivity index (χ0) is 12.0. The summed E-state index contributed by atoms with van der Waals surface area (Å²) in [5.41, 5.74) is 6.13. The Bertz CT molecular complexity index is 487. The van der Waals surface area contributed by atoms with Gasteiger partial charge in [0.05, 0.1) is 5.71 Å². The monoisotopic (exact) mass is 228 g/mol. The summed E-state index contributed by atoms with van der Waals surface area (Å²) in [6, 6.07) is 8.52. The molecule has 1 aromatic rings. The average molecular weight is 228 g/mol. The number of nitrogens with one attached hydrogen (secondary N) is 1. The highest BCUT2D eigenvalue weighted by Crippen LogP contribution is 2.43. The summed E-state index contributed by atoms with van der Waals surface area (Å²) in [7, 11) is 0. The number of hydrazone groups is 1. The third kappa shape index (κ3) is 1.75. The zero-order valence-electron chi connectivity index (χ0n) is 10.1. The summed E-state index contributed by atoms with van der Waals surface area (Å²) < 4.78 is 0. The van der Waals surface area contributed by atoms with Crippen molar-refractivity contribution in [1.29, 1.82) is 0 Å². The second-order valence-corrected chi connectivity index (χ2v) is 5.20. The number of carbonyl (C=O) groups is 1. The second-order valence-electron chi connectivity index (χ2n) is 5.20. The lowest BCUT2D eigenvalue weighted by molar-refractivity contribution is -0.122. The Kier molecular flexibility index (Phi) is 2.28. The van der Waals surface area contributed by atoms with Crippen LogP contribution < -0.4 is 5.43 Å². The Morgan fingerprint density at radius 2 is 1.94 bits per heavy atom. The van der Waals surface area contributed by atoms with Crippen LogP contribution in [-0.2, 0) is 4.79 Å². The number of carbonyl (C=O) groups excluding carboxylic acids is 1. The fourth-order valence-corrected chi connectivity index (χ4v) is 2.39. The molecule has 1 saturated carbocycles. The summed E-state index contributed by atoms with van der Waals surface area (Å²) in [6.45, 7) is 4.37. The Balaban J connectivity index is 1.88. The van der Waals surface area contributed by atoms with Gasteiger partial charge in [-0.05, 0) is 23.5 Å². The number of amides is 1. The average Bonchev–Trinajstić information content (AvgIpc) is 3.10. The van der Waals surface area contributed by atoms with Gasteiger partial charge >= 0.3 is 0 Å². The van der Waals surface area contributed by atoms with Crippen LogP contribution >= 0.6 is 0 Å². The van der Waals surface area contributed by atoms with Crippen molar-refractivity contribution >= 4 is 11.6 Å². The van der Waals surface area contributed by atoms with Crippen molar-refractivity contribution in [3.8, 4) is 0 Å². The van der Waals surface area contributed by atoms with Crippen LogP contribution in [0.4, 0.5) is 0 Å². The first-order valence-corrected chi connectivity index (χ1v) is 6.14. The van der Waals surface area contributed by atoms with Crippen LogP contribution in [0.1, 0.15) is 37.3 Å². The lowest BCUT2D eigenvalue weighted by atomic mass is 9.98. The Morgan fingerprint density at radius 3 is 2.59 bits per heavy atom. The van der Waals surface area contributed by atoms with E-state index >= 15 is 0 Å². The Morgan fingerprint density at radius 1 is 1.24 bits per heavy atom. The molecule has 1 amide bonds. The minimum Gasteiger partial charge on any atom is -0.273 e. The molecular formula is C14H16N2O. The van der Waals surface area contributed by atoms with Crippen molar-refractivity contribution in [2.24, 2.45) is 16.9 Å². The predicted octanol–water partition coefficient (Wildman–Crippen LogP) is 2.28. The van der Waals surface area contributed by atoms with Gasteiger partial charge in [-0.15, -0.1) is 0 Å². The molecule has 0 spiro atoms. The molecule has 1 heterocycles. The largest absolute Gasteiger partial charge is 0.273 e. The van der Waals surface area contributed by atoms with Gasteiger partial charge in [-0.3, -0.25) is 4.79 Å².